The number of aryl methyl sites for hydroxylation is 1. The van der Waals surface area contributed by atoms with Crippen LogP contribution in [0.4, 0.5) is 0 Å². The molecule has 2 aromatic heterocycles. The maximum Gasteiger partial charge on any atom is 0.169 e. The maximum absolute atomic E-state index is 5.54. The van der Waals surface area contributed by atoms with Crippen molar-refractivity contribution >= 4 is 0 Å². The van der Waals surface area contributed by atoms with Gasteiger partial charge in [-0.15, -0.1) is 0 Å². The first-order chi connectivity index (χ1) is 12.2. The highest BCUT2D eigenvalue weighted by Crippen LogP contribution is 2.31. The molecule has 136 valence electrons. The molecule has 0 aliphatic heterocycles. The van der Waals surface area contributed by atoms with Gasteiger partial charge in [0.05, 0.1) is 0 Å². The van der Waals surface area contributed by atoms with Crippen molar-refractivity contribution in [2.24, 2.45) is 5.73 Å². The molecule has 25 heavy (non-hydrogen) atoms. The third kappa shape index (κ3) is 6.58. The van der Waals surface area contributed by atoms with E-state index < -0.39 is 0 Å². The summed E-state index contributed by atoms with van der Waals surface area (Å²) in [5, 5.41) is 0. The standard InChI is InChI=1S/C22H34N3/c1-3-20(22-8-13-24-14-9-22)18-19(2)21-10-16-25(17-11-21)15-7-5-4-6-12-23/h8-11,13-14,16-17,19-20H,3-7,12,15,18,23H2,1-2H3/q+1. The van der Waals surface area contributed by atoms with Gasteiger partial charge in [-0.2, -0.15) is 0 Å². The molecule has 2 heterocycles. The summed E-state index contributed by atoms with van der Waals surface area (Å²) in [7, 11) is 0. The summed E-state index contributed by atoms with van der Waals surface area (Å²) in [5.41, 5.74) is 8.39. The molecule has 0 fully saturated rings. The van der Waals surface area contributed by atoms with Gasteiger partial charge < -0.3 is 5.73 Å². The molecule has 0 radical (unpaired) electrons. The van der Waals surface area contributed by atoms with E-state index in [-0.39, 0.29) is 0 Å². The van der Waals surface area contributed by atoms with E-state index in [0.717, 1.165) is 19.5 Å². The van der Waals surface area contributed by atoms with Crippen LogP contribution in [0.25, 0.3) is 0 Å². The molecule has 0 aromatic carbocycles. The Morgan fingerprint density at radius 2 is 1.64 bits per heavy atom. The predicted octanol–water partition coefficient (Wildman–Crippen LogP) is 4.58. The van der Waals surface area contributed by atoms with Gasteiger partial charge in [-0.05, 0) is 67.3 Å². The summed E-state index contributed by atoms with van der Waals surface area (Å²) >= 11 is 0. The van der Waals surface area contributed by atoms with Crippen LogP contribution in [0.3, 0.4) is 0 Å². The Labute approximate surface area is 153 Å². The molecular weight excluding hydrogens is 306 g/mol. The molecule has 2 rings (SSSR count). The zero-order chi connectivity index (χ0) is 17.9. The summed E-state index contributed by atoms with van der Waals surface area (Å²) in [6.45, 7) is 6.55. The molecule has 0 saturated heterocycles. The highest BCUT2D eigenvalue weighted by atomic mass is 14.9. The van der Waals surface area contributed by atoms with E-state index in [1.54, 1.807) is 0 Å². The molecule has 0 aliphatic rings. The molecule has 0 amide bonds. The van der Waals surface area contributed by atoms with Gasteiger partial charge in [-0.25, -0.2) is 4.57 Å². The van der Waals surface area contributed by atoms with Crippen molar-refractivity contribution in [2.45, 2.75) is 70.8 Å². The number of hydrogen-bond acceptors (Lipinski definition) is 2. The Morgan fingerprint density at radius 3 is 2.28 bits per heavy atom. The van der Waals surface area contributed by atoms with Crippen LogP contribution in [0.15, 0.2) is 49.1 Å². The quantitative estimate of drug-likeness (QED) is 0.481. The van der Waals surface area contributed by atoms with E-state index in [1.165, 1.54) is 43.2 Å². The molecule has 2 N–H and O–H groups in total. The second-order valence-electron chi connectivity index (χ2n) is 7.09. The fourth-order valence-electron chi connectivity index (χ4n) is 3.48. The minimum Gasteiger partial charge on any atom is -0.330 e. The number of nitrogens with two attached hydrogens (primary N) is 1. The monoisotopic (exact) mass is 340 g/mol. The second-order valence-corrected chi connectivity index (χ2v) is 7.09. The van der Waals surface area contributed by atoms with Gasteiger partial charge in [0.25, 0.3) is 0 Å². The molecule has 0 spiro atoms. The van der Waals surface area contributed by atoms with Crippen LogP contribution in [0.1, 0.15) is 75.3 Å². The lowest BCUT2D eigenvalue weighted by Gasteiger charge is -2.20. The van der Waals surface area contributed by atoms with Crippen molar-refractivity contribution < 1.29 is 4.57 Å². The third-order valence-corrected chi connectivity index (χ3v) is 5.16. The smallest absolute Gasteiger partial charge is 0.169 e. The zero-order valence-electron chi connectivity index (χ0n) is 15.9. The van der Waals surface area contributed by atoms with Gasteiger partial charge in [-0.3, -0.25) is 4.98 Å². The number of pyridine rings is 2. The fraction of sp³-hybridized carbons (Fsp3) is 0.545. The second kappa shape index (κ2) is 11.0. The average Bonchev–Trinajstić information content (AvgIpc) is 2.67. The van der Waals surface area contributed by atoms with Gasteiger partial charge in [0.1, 0.15) is 6.54 Å². The first-order valence-corrected chi connectivity index (χ1v) is 9.83. The van der Waals surface area contributed by atoms with Crippen molar-refractivity contribution in [2.75, 3.05) is 6.54 Å². The Morgan fingerprint density at radius 1 is 0.960 bits per heavy atom. The van der Waals surface area contributed by atoms with Crippen molar-refractivity contribution in [1.29, 1.82) is 0 Å². The molecule has 2 unspecified atom stereocenters. The summed E-state index contributed by atoms with van der Waals surface area (Å²) in [6.07, 6.45) is 15.5. The first-order valence-electron chi connectivity index (χ1n) is 9.83. The Hall–Kier alpha value is -1.74. The molecule has 2 atom stereocenters. The molecule has 3 heteroatoms. The van der Waals surface area contributed by atoms with E-state index in [4.69, 9.17) is 5.73 Å². The van der Waals surface area contributed by atoms with E-state index >= 15 is 0 Å². The van der Waals surface area contributed by atoms with Crippen molar-refractivity contribution in [1.82, 2.24) is 4.98 Å². The normalized spacial score (nSPS) is 13.6. The Kier molecular flexibility index (Phi) is 8.61. The van der Waals surface area contributed by atoms with Crippen LogP contribution in [-0.4, -0.2) is 11.5 Å². The number of nitrogens with zero attached hydrogens (tertiary/aromatic N) is 2. The molecule has 0 saturated carbocycles. The van der Waals surface area contributed by atoms with Gasteiger partial charge in [-0.1, -0.05) is 20.3 Å². The van der Waals surface area contributed by atoms with Crippen molar-refractivity contribution in [3.05, 3.63) is 60.2 Å². The Balaban J connectivity index is 1.86. The summed E-state index contributed by atoms with van der Waals surface area (Å²) in [4.78, 5) is 4.14. The van der Waals surface area contributed by atoms with E-state index in [2.05, 4.69) is 60.1 Å². The molecule has 0 aliphatic carbocycles. The number of rotatable bonds is 11. The van der Waals surface area contributed by atoms with Crippen LogP contribution in [0, 0.1) is 0 Å². The largest absolute Gasteiger partial charge is 0.330 e. The number of aromatic nitrogens is 2. The fourth-order valence-corrected chi connectivity index (χ4v) is 3.48. The SMILES string of the molecule is CCC(CC(C)c1cc[n+](CCCCCCN)cc1)c1ccncc1. The third-order valence-electron chi connectivity index (χ3n) is 5.16. The van der Waals surface area contributed by atoms with Crippen LogP contribution >= 0.6 is 0 Å². The topological polar surface area (TPSA) is 42.8 Å². The predicted molar refractivity (Wildman–Crippen MR) is 104 cm³/mol. The highest BCUT2D eigenvalue weighted by Gasteiger charge is 2.16. The first kappa shape index (κ1) is 19.6. The lowest BCUT2D eigenvalue weighted by atomic mass is 9.85. The minimum atomic E-state index is 0.567. The molecular formula is C22H34N3+. The maximum atomic E-state index is 5.54. The number of hydrogen-bond donors (Lipinski definition) is 1. The van der Waals surface area contributed by atoms with Crippen molar-refractivity contribution in [3.63, 3.8) is 0 Å². The Bertz CT molecular complexity index is 580. The van der Waals surface area contributed by atoms with E-state index in [1.807, 2.05) is 12.4 Å². The molecule has 3 nitrogen and oxygen atoms in total. The average molecular weight is 341 g/mol. The zero-order valence-corrected chi connectivity index (χ0v) is 15.9. The molecule has 0 bridgehead atoms. The van der Waals surface area contributed by atoms with Crippen LogP contribution in [0.5, 0.6) is 0 Å². The number of unbranched alkanes of at least 4 members (excludes halogenated alkanes) is 3. The summed E-state index contributed by atoms with van der Waals surface area (Å²) in [5.74, 6) is 1.17. The van der Waals surface area contributed by atoms with Gasteiger partial charge >= 0.3 is 0 Å². The van der Waals surface area contributed by atoms with Crippen LogP contribution in [-0.2, 0) is 6.54 Å². The summed E-state index contributed by atoms with van der Waals surface area (Å²) in [6, 6.07) is 8.91. The van der Waals surface area contributed by atoms with Gasteiger partial charge in [0.15, 0.2) is 12.4 Å². The molecule has 2 aromatic rings. The van der Waals surface area contributed by atoms with E-state index in [0.29, 0.717) is 11.8 Å². The van der Waals surface area contributed by atoms with Gasteiger partial charge in [0.2, 0.25) is 0 Å². The van der Waals surface area contributed by atoms with E-state index in [9.17, 15) is 0 Å². The van der Waals surface area contributed by atoms with Crippen LogP contribution in [0.2, 0.25) is 0 Å². The van der Waals surface area contributed by atoms with Gasteiger partial charge in [0, 0.05) is 30.9 Å². The lowest BCUT2D eigenvalue weighted by molar-refractivity contribution is -0.697. The van der Waals surface area contributed by atoms with Crippen molar-refractivity contribution in [3.8, 4) is 0 Å². The highest BCUT2D eigenvalue weighted by molar-refractivity contribution is 5.19. The summed E-state index contributed by atoms with van der Waals surface area (Å²) < 4.78 is 2.30. The lowest BCUT2D eigenvalue weighted by Crippen LogP contribution is -2.32. The minimum absolute atomic E-state index is 0.567. The van der Waals surface area contributed by atoms with Crippen LogP contribution < -0.4 is 10.3 Å².